The third-order valence-electron chi connectivity index (χ3n) is 2.30. The van der Waals surface area contributed by atoms with E-state index in [2.05, 4.69) is 15.3 Å². The maximum absolute atomic E-state index is 6.13. The van der Waals surface area contributed by atoms with Gasteiger partial charge in [-0.3, -0.25) is 0 Å². The van der Waals surface area contributed by atoms with Crippen molar-refractivity contribution in [3.8, 4) is 11.4 Å². The molecule has 86 valence electrons. The van der Waals surface area contributed by atoms with Crippen molar-refractivity contribution in [1.82, 2.24) is 14.9 Å². The minimum absolute atomic E-state index is 0.551. The normalized spacial score (nSPS) is 14.3. The van der Waals surface area contributed by atoms with Crippen LogP contribution in [-0.2, 0) is 0 Å². The Morgan fingerprint density at radius 3 is 2.94 bits per heavy atom. The molecule has 7 heteroatoms. The average molecular weight is 266 g/mol. The van der Waals surface area contributed by atoms with E-state index in [9.17, 15) is 0 Å². The molecule has 0 spiro atoms. The van der Waals surface area contributed by atoms with Gasteiger partial charge in [0.15, 0.2) is 5.82 Å². The largest absolute Gasteiger partial charge is 0.385 e. The minimum atomic E-state index is 0.551. The Morgan fingerprint density at radius 1 is 1.29 bits per heavy atom. The summed E-state index contributed by atoms with van der Waals surface area (Å²) in [5.41, 5.74) is 6.51. The molecule has 2 heterocycles. The smallest absolute Gasteiger partial charge is 0.212 e. The number of benzene rings is 1. The van der Waals surface area contributed by atoms with Gasteiger partial charge in [-0.15, -0.1) is 10.2 Å². The van der Waals surface area contributed by atoms with Gasteiger partial charge >= 0.3 is 0 Å². The summed E-state index contributed by atoms with van der Waals surface area (Å²) >= 11 is 7.64. The first-order valence-corrected chi connectivity index (χ1v) is 6.28. The SMILES string of the molecule is NC1=Nn2c(nnc2-c2ccccc2Cl)SC1. The molecule has 1 aliphatic heterocycles. The predicted molar refractivity (Wildman–Crippen MR) is 68.2 cm³/mol. The summed E-state index contributed by atoms with van der Waals surface area (Å²) in [6.45, 7) is 0. The van der Waals surface area contributed by atoms with Gasteiger partial charge in [0.05, 0.1) is 10.8 Å². The van der Waals surface area contributed by atoms with Crippen LogP contribution in [0.3, 0.4) is 0 Å². The van der Waals surface area contributed by atoms with Crippen molar-refractivity contribution in [3.63, 3.8) is 0 Å². The minimum Gasteiger partial charge on any atom is -0.385 e. The molecule has 1 aromatic heterocycles. The van der Waals surface area contributed by atoms with Crippen LogP contribution >= 0.6 is 23.4 Å². The molecule has 0 atom stereocenters. The zero-order valence-electron chi connectivity index (χ0n) is 8.67. The monoisotopic (exact) mass is 265 g/mol. The van der Waals surface area contributed by atoms with Crippen LogP contribution in [0.4, 0.5) is 0 Å². The molecule has 17 heavy (non-hydrogen) atoms. The number of fused-ring (bicyclic) bond motifs is 1. The number of amidine groups is 1. The predicted octanol–water partition coefficient (Wildman–Crippen LogP) is 1.82. The molecule has 0 fully saturated rings. The molecule has 0 saturated carbocycles. The lowest BCUT2D eigenvalue weighted by Crippen LogP contribution is -2.20. The Bertz CT molecular complexity index is 606. The average Bonchev–Trinajstić information content (AvgIpc) is 2.72. The summed E-state index contributed by atoms with van der Waals surface area (Å²) in [7, 11) is 0. The van der Waals surface area contributed by atoms with Crippen LogP contribution < -0.4 is 5.73 Å². The first kappa shape index (κ1) is 10.6. The van der Waals surface area contributed by atoms with Crippen LogP contribution in [0.25, 0.3) is 11.4 Å². The van der Waals surface area contributed by atoms with Gasteiger partial charge in [0.25, 0.3) is 0 Å². The lowest BCUT2D eigenvalue weighted by atomic mass is 10.2. The Hall–Kier alpha value is -1.53. The van der Waals surface area contributed by atoms with Gasteiger partial charge in [-0.25, -0.2) is 0 Å². The van der Waals surface area contributed by atoms with E-state index >= 15 is 0 Å². The molecular weight excluding hydrogens is 258 g/mol. The maximum Gasteiger partial charge on any atom is 0.212 e. The van der Waals surface area contributed by atoms with Crippen LogP contribution in [0.2, 0.25) is 5.02 Å². The highest BCUT2D eigenvalue weighted by Crippen LogP contribution is 2.30. The van der Waals surface area contributed by atoms with Crippen LogP contribution in [0, 0.1) is 0 Å². The standard InChI is InChI=1S/C10H8ClN5S/c11-7-4-2-1-3-6(7)9-13-14-10-16(9)15-8(12)5-17-10/h1-4H,5H2,(H2,12,15). The molecule has 2 aromatic rings. The van der Waals surface area contributed by atoms with E-state index in [4.69, 9.17) is 17.3 Å². The molecular formula is C10H8ClN5S. The Morgan fingerprint density at radius 2 is 2.12 bits per heavy atom. The molecule has 2 N–H and O–H groups in total. The summed E-state index contributed by atoms with van der Waals surface area (Å²) < 4.78 is 1.63. The van der Waals surface area contributed by atoms with Gasteiger partial charge in [-0.1, -0.05) is 35.5 Å². The molecule has 0 unspecified atom stereocenters. The van der Waals surface area contributed by atoms with Gasteiger partial charge in [0, 0.05) is 5.56 Å². The number of halogens is 1. The highest BCUT2D eigenvalue weighted by molar-refractivity contribution is 7.99. The molecule has 0 amide bonds. The van der Waals surface area contributed by atoms with E-state index < -0.39 is 0 Å². The third kappa shape index (κ3) is 1.79. The molecule has 1 aromatic carbocycles. The van der Waals surface area contributed by atoms with Crippen molar-refractivity contribution in [3.05, 3.63) is 29.3 Å². The second-order valence-electron chi connectivity index (χ2n) is 3.48. The van der Waals surface area contributed by atoms with Crippen molar-refractivity contribution in [2.45, 2.75) is 5.16 Å². The lowest BCUT2D eigenvalue weighted by molar-refractivity contribution is 0.760. The van der Waals surface area contributed by atoms with Crippen molar-refractivity contribution < 1.29 is 0 Å². The Labute approximate surface area is 107 Å². The molecule has 5 nitrogen and oxygen atoms in total. The number of rotatable bonds is 1. The first-order chi connectivity index (χ1) is 8.25. The van der Waals surface area contributed by atoms with Crippen LogP contribution in [0.1, 0.15) is 0 Å². The fourth-order valence-electron chi connectivity index (χ4n) is 1.55. The van der Waals surface area contributed by atoms with Crippen molar-refractivity contribution in [2.75, 3.05) is 5.75 Å². The fourth-order valence-corrected chi connectivity index (χ4v) is 2.46. The lowest BCUT2D eigenvalue weighted by Gasteiger charge is -2.10. The number of aromatic nitrogens is 3. The summed E-state index contributed by atoms with van der Waals surface area (Å²) in [5, 5.41) is 13.7. The molecule has 0 radical (unpaired) electrons. The number of thioether (sulfide) groups is 1. The summed E-state index contributed by atoms with van der Waals surface area (Å²) in [5.74, 6) is 1.80. The van der Waals surface area contributed by atoms with E-state index in [0.717, 1.165) is 10.7 Å². The van der Waals surface area contributed by atoms with Gasteiger partial charge in [-0.2, -0.15) is 9.78 Å². The highest BCUT2D eigenvalue weighted by Gasteiger charge is 2.19. The molecule has 1 aliphatic rings. The summed E-state index contributed by atoms with van der Waals surface area (Å²) in [6, 6.07) is 7.45. The van der Waals surface area contributed by atoms with E-state index in [-0.39, 0.29) is 0 Å². The van der Waals surface area contributed by atoms with Gasteiger partial charge in [0.2, 0.25) is 5.16 Å². The van der Waals surface area contributed by atoms with E-state index in [1.807, 2.05) is 24.3 Å². The van der Waals surface area contributed by atoms with Crippen LogP contribution in [0.15, 0.2) is 34.5 Å². The first-order valence-electron chi connectivity index (χ1n) is 4.92. The van der Waals surface area contributed by atoms with E-state index in [1.54, 1.807) is 4.68 Å². The quantitative estimate of drug-likeness (QED) is 0.854. The van der Waals surface area contributed by atoms with Crippen molar-refractivity contribution in [2.24, 2.45) is 10.8 Å². The topological polar surface area (TPSA) is 69.1 Å². The zero-order chi connectivity index (χ0) is 11.8. The molecule has 0 saturated heterocycles. The van der Waals surface area contributed by atoms with Crippen molar-refractivity contribution >= 4 is 29.2 Å². The number of hydrogen-bond acceptors (Lipinski definition) is 5. The second-order valence-corrected chi connectivity index (χ2v) is 4.83. The molecule has 0 aliphatic carbocycles. The number of nitrogens with zero attached hydrogens (tertiary/aromatic N) is 4. The van der Waals surface area contributed by atoms with Gasteiger partial charge in [0.1, 0.15) is 5.84 Å². The highest BCUT2D eigenvalue weighted by atomic mass is 35.5. The summed E-state index contributed by atoms with van der Waals surface area (Å²) in [6.07, 6.45) is 0. The molecule has 0 bridgehead atoms. The molecule has 3 rings (SSSR count). The van der Waals surface area contributed by atoms with Gasteiger partial charge < -0.3 is 5.73 Å². The number of hydrogen-bond donors (Lipinski definition) is 1. The Balaban J connectivity index is 2.19. The second kappa shape index (κ2) is 4.05. The fraction of sp³-hybridized carbons (Fsp3) is 0.100. The van der Waals surface area contributed by atoms with Crippen LogP contribution in [0.5, 0.6) is 0 Å². The van der Waals surface area contributed by atoms with Gasteiger partial charge in [-0.05, 0) is 12.1 Å². The van der Waals surface area contributed by atoms with E-state index in [0.29, 0.717) is 22.4 Å². The number of nitrogens with two attached hydrogens (primary N) is 1. The van der Waals surface area contributed by atoms with Crippen molar-refractivity contribution in [1.29, 1.82) is 0 Å². The summed E-state index contributed by atoms with van der Waals surface area (Å²) in [4.78, 5) is 0. The third-order valence-corrected chi connectivity index (χ3v) is 3.59. The van der Waals surface area contributed by atoms with E-state index in [1.165, 1.54) is 11.8 Å². The Kier molecular flexibility index (Phi) is 2.53. The zero-order valence-corrected chi connectivity index (χ0v) is 10.2. The van der Waals surface area contributed by atoms with Crippen LogP contribution in [-0.4, -0.2) is 26.5 Å². The maximum atomic E-state index is 6.13.